The van der Waals surface area contributed by atoms with Crippen molar-refractivity contribution in [2.24, 2.45) is 34.7 Å². The Labute approximate surface area is 369 Å². The molecular formula is C46H64N4O12. The number of aromatic hydroxyl groups is 3. The van der Waals surface area contributed by atoms with E-state index in [9.17, 15) is 39.9 Å². The first-order chi connectivity index (χ1) is 30.8. The summed E-state index contributed by atoms with van der Waals surface area (Å²) in [6.45, 7) is 10.6. The standard InChI is InChI=1S/C46H64N4O12/c1-23(2)22-49-16-18-50(19-17-49)47-21-31-36-41(56)34-33(40(31)55)35-43(29(8)39(34)54)62-46(10,44(35)57)60-20-15-32(59-11)26(5)42(61-30(9)51)28(7)38(53)27(6)37(52)24(3)13-12-14-25(4)45(58)48-36/h12-15,20-21,23-24,26-28,32,37-38,42,52-56H,16-19,22H2,1-11H3,(H,48,58)/b13-12+,20-15+,25-14-,47-21+/t24-,26+,27+,28+,32-,37-,38+,42+,46-/m0/s1/i16D,17D,18D,19D/t16?,17?,18?,19?,24-,26+,27+,28+,32-,37-,38+,42+,46-. The molecule has 4 aliphatic rings. The SMILES string of the molecule is [2H]C1C([2H])N(/N=C/c2c3c(O)c4c(O)c(C)c5c(c4c2O)C(=O)[C@@](C)(O/C=C/[C@H](OC)[C@@H](C)[C@@H](OC(C)=O)[C@H](C)[C@H](O)[C@H](C)[C@@H](O)[C@@H](C)/C=C/C=C(/C)C(=O)N3)O5)C([2H])C([2H])N1CC(C)C. The predicted molar refractivity (Wildman–Crippen MR) is 234 cm³/mol. The van der Waals surface area contributed by atoms with Crippen LogP contribution in [0.5, 0.6) is 23.0 Å². The monoisotopic (exact) mass is 868 g/mol. The highest BCUT2D eigenvalue weighted by atomic mass is 16.7. The van der Waals surface area contributed by atoms with Crippen LogP contribution >= 0.6 is 0 Å². The van der Waals surface area contributed by atoms with Crippen LogP contribution in [-0.4, -0.2) is 129 Å². The van der Waals surface area contributed by atoms with Crippen molar-refractivity contribution in [3.63, 3.8) is 0 Å². The number of hydrogen-bond acceptors (Lipinski definition) is 15. The molecule has 13 atom stereocenters. The quantitative estimate of drug-likeness (QED) is 0.0932. The van der Waals surface area contributed by atoms with Gasteiger partial charge in [0.25, 0.3) is 11.7 Å². The molecule has 16 heteroatoms. The summed E-state index contributed by atoms with van der Waals surface area (Å²) in [5.74, 6) is -9.54. The van der Waals surface area contributed by atoms with Gasteiger partial charge in [-0.1, -0.05) is 59.8 Å². The number of methoxy groups -OCH3 is 1. The molecule has 1 fully saturated rings. The van der Waals surface area contributed by atoms with E-state index in [1.54, 1.807) is 33.8 Å². The Hall–Kier alpha value is -5.16. The normalized spacial score (nSPS) is 36.9. The van der Waals surface area contributed by atoms with Gasteiger partial charge in [0, 0.05) is 96.5 Å². The number of fused-ring (bicyclic) bond motifs is 14. The minimum Gasteiger partial charge on any atom is -0.507 e. The molecule has 0 aromatic heterocycles. The molecule has 0 aliphatic carbocycles. The molecule has 6 rings (SSSR count). The average molecular weight is 869 g/mol. The molecule has 0 radical (unpaired) electrons. The second-order valence-corrected chi connectivity index (χ2v) is 16.9. The molecule has 5 bridgehead atoms. The van der Waals surface area contributed by atoms with Gasteiger partial charge in [-0.05, 0) is 25.8 Å². The van der Waals surface area contributed by atoms with E-state index in [1.165, 1.54) is 57.9 Å². The number of nitrogens with one attached hydrogen (secondary N) is 1. The molecule has 4 aliphatic heterocycles. The minimum absolute atomic E-state index is 0.0256. The van der Waals surface area contributed by atoms with Gasteiger partial charge >= 0.3 is 11.8 Å². The van der Waals surface area contributed by atoms with Crippen molar-refractivity contribution in [3.8, 4) is 23.0 Å². The number of allylic oxidation sites excluding steroid dienone is 2. The largest absolute Gasteiger partial charge is 0.507 e. The summed E-state index contributed by atoms with van der Waals surface area (Å²) in [7, 11) is 1.40. The summed E-state index contributed by atoms with van der Waals surface area (Å²) < 4.78 is 58.6. The fraction of sp³-hybridized carbons (Fsp3) is 0.565. The van der Waals surface area contributed by atoms with Crippen LogP contribution < -0.4 is 10.1 Å². The summed E-state index contributed by atoms with van der Waals surface area (Å²) in [5.41, 5.74) is -1.21. The molecule has 16 nitrogen and oxygen atoms in total. The van der Waals surface area contributed by atoms with Crippen LogP contribution in [0, 0.1) is 36.5 Å². The van der Waals surface area contributed by atoms with Crippen LogP contribution in [0.4, 0.5) is 5.69 Å². The summed E-state index contributed by atoms with van der Waals surface area (Å²) in [6.07, 6.45) is 3.99. The minimum atomic E-state index is -2.15. The lowest BCUT2D eigenvalue weighted by Gasteiger charge is -2.38. The number of nitrogens with zero attached hydrogens (tertiary/aromatic N) is 3. The van der Waals surface area contributed by atoms with Crippen LogP contribution in [0.1, 0.15) is 89.3 Å². The van der Waals surface area contributed by atoms with Crippen LogP contribution in [-0.2, 0) is 23.8 Å². The van der Waals surface area contributed by atoms with Crippen molar-refractivity contribution in [2.75, 3.05) is 45.1 Å². The number of esters is 1. The van der Waals surface area contributed by atoms with Gasteiger partial charge in [-0.15, -0.1) is 0 Å². The number of piperazine rings is 1. The van der Waals surface area contributed by atoms with E-state index in [1.807, 2.05) is 13.8 Å². The molecule has 62 heavy (non-hydrogen) atoms. The highest BCUT2D eigenvalue weighted by Gasteiger charge is 2.50. The zero-order valence-corrected chi connectivity index (χ0v) is 37.1. The van der Waals surface area contributed by atoms with Gasteiger partial charge in [0.05, 0.1) is 55.7 Å². The molecule has 1 amide bonds. The van der Waals surface area contributed by atoms with Crippen molar-refractivity contribution in [2.45, 2.75) is 99.4 Å². The van der Waals surface area contributed by atoms with Crippen LogP contribution in [0.3, 0.4) is 0 Å². The number of rotatable bonds is 6. The van der Waals surface area contributed by atoms with Crippen LogP contribution in [0.15, 0.2) is 41.2 Å². The number of hydrogen-bond donors (Lipinski definition) is 6. The third-order valence-electron chi connectivity index (χ3n) is 11.8. The van der Waals surface area contributed by atoms with Crippen molar-refractivity contribution in [1.82, 2.24) is 9.91 Å². The lowest BCUT2D eigenvalue weighted by atomic mass is 9.78. The van der Waals surface area contributed by atoms with E-state index in [4.69, 9.17) is 24.4 Å². The Balaban J connectivity index is 1.73. The molecule has 340 valence electrons. The Kier molecular flexibility index (Phi) is 13.2. The number of aliphatic hydroxyl groups excluding tert-OH is 2. The molecule has 1 saturated heterocycles. The van der Waals surface area contributed by atoms with E-state index in [2.05, 4.69) is 10.4 Å². The Morgan fingerprint density at radius 1 is 1.00 bits per heavy atom. The fourth-order valence-electron chi connectivity index (χ4n) is 8.02. The van der Waals surface area contributed by atoms with Gasteiger partial charge < -0.3 is 49.8 Å². The van der Waals surface area contributed by atoms with E-state index in [-0.39, 0.29) is 34.9 Å². The number of carbonyl (C=O) groups excluding carboxylic acids is 3. The molecule has 2 aromatic carbocycles. The number of ketones is 1. The molecule has 2 aromatic rings. The second-order valence-electron chi connectivity index (χ2n) is 16.9. The van der Waals surface area contributed by atoms with Gasteiger partial charge in [0.2, 0.25) is 0 Å². The second kappa shape index (κ2) is 19.5. The number of aliphatic hydroxyl groups is 2. The maximum Gasteiger partial charge on any atom is 0.312 e. The number of Topliss-reactive ketones (excluding diaryl/α,β-unsaturated/α-hetero) is 1. The number of carbonyl (C=O) groups is 3. The summed E-state index contributed by atoms with van der Waals surface area (Å²) in [5, 5.41) is 65.8. The summed E-state index contributed by atoms with van der Waals surface area (Å²) in [6, 6.07) is 0. The maximum atomic E-state index is 14.6. The number of phenols is 3. The van der Waals surface area contributed by atoms with E-state index < -0.39 is 137 Å². The molecule has 6 N–H and O–H groups in total. The number of phenolic OH excluding ortho intramolecular Hbond substituents is 3. The number of hydrazone groups is 1. The molecule has 0 saturated carbocycles. The fourth-order valence-corrected chi connectivity index (χ4v) is 8.02. The Bertz CT molecular complexity index is 2290. The van der Waals surface area contributed by atoms with Gasteiger partial charge in [0.15, 0.2) is 5.75 Å². The summed E-state index contributed by atoms with van der Waals surface area (Å²) in [4.78, 5) is 42.3. The maximum absolute atomic E-state index is 14.6. The number of ether oxygens (including phenoxy) is 4. The van der Waals surface area contributed by atoms with E-state index in [0.717, 1.165) is 17.5 Å². The topological polar surface area (TPSA) is 220 Å². The lowest BCUT2D eigenvalue weighted by Crippen LogP contribution is -2.46. The number of anilines is 1. The van der Waals surface area contributed by atoms with Crippen molar-refractivity contribution in [3.05, 3.63) is 52.8 Å². The molecular weight excluding hydrogens is 801 g/mol. The predicted octanol–water partition coefficient (Wildman–Crippen LogP) is 5.36. The first-order valence-corrected chi connectivity index (χ1v) is 20.7. The Morgan fingerprint density at radius 2 is 1.66 bits per heavy atom. The van der Waals surface area contributed by atoms with Crippen LogP contribution in [0.25, 0.3) is 10.8 Å². The zero-order valence-electron chi connectivity index (χ0n) is 41.1. The zero-order chi connectivity index (χ0) is 49.4. The molecule has 4 unspecified atom stereocenters. The van der Waals surface area contributed by atoms with E-state index >= 15 is 0 Å². The molecule has 0 spiro atoms. The molecule has 4 heterocycles. The van der Waals surface area contributed by atoms with Crippen molar-refractivity contribution < 1.29 is 64.3 Å². The van der Waals surface area contributed by atoms with Gasteiger partial charge in [-0.3, -0.25) is 24.3 Å². The van der Waals surface area contributed by atoms with Crippen LogP contribution in [0.2, 0.25) is 0 Å². The van der Waals surface area contributed by atoms with Crippen molar-refractivity contribution >= 4 is 40.3 Å². The smallest absolute Gasteiger partial charge is 0.312 e. The highest BCUT2D eigenvalue weighted by molar-refractivity contribution is 6.23. The van der Waals surface area contributed by atoms with Crippen molar-refractivity contribution in [1.29, 1.82) is 0 Å². The highest BCUT2D eigenvalue weighted by Crippen LogP contribution is 2.55. The van der Waals surface area contributed by atoms with Gasteiger partial charge in [-0.2, -0.15) is 5.10 Å². The van der Waals surface area contributed by atoms with Gasteiger partial charge in [-0.25, -0.2) is 0 Å². The number of amides is 1. The third-order valence-corrected chi connectivity index (χ3v) is 11.8. The number of benzene rings is 2. The van der Waals surface area contributed by atoms with E-state index in [0.29, 0.717) is 0 Å². The Morgan fingerprint density at radius 3 is 2.27 bits per heavy atom. The summed E-state index contributed by atoms with van der Waals surface area (Å²) >= 11 is 0. The average Bonchev–Trinajstić information content (AvgIpc) is 3.53. The third kappa shape index (κ3) is 9.73. The van der Waals surface area contributed by atoms with Gasteiger partial charge in [0.1, 0.15) is 23.4 Å². The first-order valence-electron chi connectivity index (χ1n) is 23.0. The lowest BCUT2D eigenvalue weighted by molar-refractivity contribution is -0.160. The first kappa shape index (κ1) is 42.2.